The van der Waals surface area contributed by atoms with Crippen LogP contribution in [0.1, 0.15) is 0 Å². The fourth-order valence-corrected chi connectivity index (χ4v) is 1.57. The predicted octanol–water partition coefficient (Wildman–Crippen LogP) is 2.71. The standard InChI is InChI=1S/C12H7NO2.ClH/c14-9-5-3-7-11-12(9)13-8-4-1-2-6-10(8)15-11;/h1-7H;1H. The van der Waals surface area contributed by atoms with Crippen molar-refractivity contribution in [3.05, 3.63) is 52.7 Å². The minimum absolute atomic E-state index is 0. The summed E-state index contributed by atoms with van der Waals surface area (Å²) < 4.78 is 5.56. The number of fused-ring (bicyclic) bond motifs is 2. The van der Waals surface area contributed by atoms with Gasteiger partial charge in [-0.1, -0.05) is 18.2 Å². The van der Waals surface area contributed by atoms with E-state index < -0.39 is 0 Å². The van der Waals surface area contributed by atoms with E-state index in [0.717, 1.165) is 0 Å². The first-order valence-electron chi connectivity index (χ1n) is 4.63. The highest BCUT2D eigenvalue weighted by atomic mass is 35.5. The smallest absolute Gasteiger partial charge is 0.208 e. The van der Waals surface area contributed by atoms with Crippen LogP contribution in [-0.4, -0.2) is 4.98 Å². The molecule has 0 fully saturated rings. The molecule has 1 aromatic carbocycles. The third kappa shape index (κ3) is 1.55. The maximum atomic E-state index is 11.5. The molecule has 3 nitrogen and oxygen atoms in total. The third-order valence-electron chi connectivity index (χ3n) is 2.28. The number of para-hydroxylation sites is 3. The summed E-state index contributed by atoms with van der Waals surface area (Å²) in [6, 6.07) is 12.3. The Morgan fingerprint density at radius 3 is 2.69 bits per heavy atom. The van der Waals surface area contributed by atoms with E-state index in [-0.39, 0.29) is 17.8 Å². The Kier molecular flexibility index (Phi) is 2.62. The van der Waals surface area contributed by atoms with E-state index in [9.17, 15) is 4.79 Å². The second kappa shape index (κ2) is 3.94. The summed E-state index contributed by atoms with van der Waals surface area (Å²) >= 11 is 0. The van der Waals surface area contributed by atoms with Crippen LogP contribution in [-0.2, 0) is 0 Å². The number of benzene rings is 2. The molecule has 3 rings (SSSR count). The molecule has 0 spiro atoms. The lowest BCUT2D eigenvalue weighted by Crippen LogP contribution is -2.05. The predicted molar refractivity (Wildman–Crippen MR) is 64.1 cm³/mol. The van der Waals surface area contributed by atoms with Gasteiger partial charge in [0.05, 0.1) is 0 Å². The van der Waals surface area contributed by atoms with Crippen molar-refractivity contribution in [2.24, 2.45) is 0 Å². The molecule has 1 heterocycles. The molecule has 0 atom stereocenters. The summed E-state index contributed by atoms with van der Waals surface area (Å²) in [6.07, 6.45) is 0. The summed E-state index contributed by atoms with van der Waals surface area (Å²) in [5.41, 5.74) is 1.67. The summed E-state index contributed by atoms with van der Waals surface area (Å²) in [7, 11) is 0. The minimum Gasteiger partial charge on any atom is -0.453 e. The monoisotopic (exact) mass is 233 g/mol. The van der Waals surface area contributed by atoms with E-state index in [1.54, 1.807) is 12.1 Å². The van der Waals surface area contributed by atoms with Gasteiger partial charge in [-0.3, -0.25) is 4.79 Å². The maximum Gasteiger partial charge on any atom is 0.208 e. The molecule has 80 valence electrons. The second-order valence-corrected chi connectivity index (χ2v) is 3.28. The third-order valence-corrected chi connectivity index (χ3v) is 2.28. The van der Waals surface area contributed by atoms with Gasteiger partial charge >= 0.3 is 0 Å². The molecule has 0 amide bonds. The molecule has 0 bridgehead atoms. The van der Waals surface area contributed by atoms with Crippen molar-refractivity contribution in [3.8, 4) is 11.5 Å². The maximum absolute atomic E-state index is 11.5. The zero-order valence-electron chi connectivity index (χ0n) is 8.21. The van der Waals surface area contributed by atoms with E-state index >= 15 is 0 Å². The Hall–Kier alpha value is -1.87. The lowest BCUT2D eigenvalue weighted by atomic mass is 10.2. The molecule has 1 aromatic rings. The number of halogens is 1. The first-order valence-corrected chi connectivity index (χ1v) is 4.63. The minimum atomic E-state index is -0.109. The van der Waals surface area contributed by atoms with Gasteiger partial charge in [-0.2, -0.15) is 0 Å². The van der Waals surface area contributed by atoms with Crippen LogP contribution in [0.5, 0.6) is 0 Å². The Labute approximate surface area is 97.5 Å². The lowest BCUT2D eigenvalue weighted by molar-refractivity contribution is 0.612. The van der Waals surface area contributed by atoms with Gasteiger partial charge in [0.25, 0.3) is 0 Å². The normalized spacial score (nSPS) is 10.2. The lowest BCUT2D eigenvalue weighted by Gasteiger charge is -2.03. The molecular formula is C12H8ClNO2. The van der Waals surface area contributed by atoms with E-state index in [2.05, 4.69) is 4.98 Å². The SMILES string of the molecule is Cl.O=c1cccc2oc3ccccc3nc1-2. The fraction of sp³-hybridized carbons (Fsp3) is 0. The van der Waals surface area contributed by atoms with Gasteiger partial charge in [-0.05, 0) is 24.3 Å². The summed E-state index contributed by atoms with van der Waals surface area (Å²) in [5, 5.41) is 0. The second-order valence-electron chi connectivity index (χ2n) is 3.28. The van der Waals surface area contributed by atoms with Crippen LogP contribution in [0, 0.1) is 0 Å². The Balaban J connectivity index is 0.000000963. The van der Waals surface area contributed by atoms with Crippen molar-refractivity contribution in [3.63, 3.8) is 0 Å². The van der Waals surface area contributed by atoms with E-state index in [1.165, 1.54) is 6.07 Å². The molecule has 1 aliphatic heterocycles. The summed E-state index contributed by atoms with van der Waals surface area (Å²) in [6.45, 7) is 0. The Morgan fingerprint density at radius 2 is 1.81 bits per heavy atom. The summed E-state index contributed by atoms with van der Waals surface area (Å²) in [5.74, 6) is 0.529. The average Bonchev–Trinajstić information content (AvgIpc) is 2.27. The highest BCUT2D eigenvalue weighted by Gasteiger charge is 2.10. The molecule has 4 heteroatoms. The molecule has 0 radical (unpaired) electrons. The molecule has 0 unspecified atom stereocenters. The first-order chi connectivity index (χ1) is 7.34. The van der Waals surface area contributed by atoms with Crippen LogP contribution in [0.4, 0.5) is 0 Å². The van der Waals surface area contributed by atoms with E-state index in [1.807, 2.05) is 24.3 Å². The van der Waals surface area contributed by atoms with Gasteiger partial charge in [0.15, 0.2) is 17.0 Å². The van der Waals surface area contributed by atoms with Crippen LogP contribution in [0.25, 0.3) is 22.6 Å². The van der Waals surface area contributed by atoms with Gasteiger partial charge in [0.2, 0.25) is 5.43 Å². The van der Waals surface area contributed by atoms with Gasteiger partial charge in [-0.25, -0.2) is 4.98 Å². The molecule has 0 aromatic heterocycles. The van der Waals surface area contributed by atoms with E-state index in [4.69, 9.17) is 4.42 Å². The van der Waals surface area contributed by atoms with Gasteiger partial charge < -0.3 is 4.42 Å². The van der Waals surface area contributed by atoms with Gasteiger partial charge in [0, 0.05) is 0 Å². The van der Waals surface area contributed by atoms with Gasteiger partial charge in [0.1, 0.15) is 5.52 Å². The molecular weight excluding hydrogens is 226 g/mol. The highest BCUT2D eigenvalue weighted by molar-refractivity contribution is 5.85. The van der Waals surface area contributed by atoms with E-state index in [0.29, 0.717) is 22.6 Å². The van der Waals surface area contributed by atoms with Crippen molar-refractivity contribution in [2.45, 2.75) is 0 Å². The fourth-order valence-electron chi connectivity index (χ4n) is 1.57. The van der Waals surface area contributed by atoms with Crippen LogP contribution in [0.3, 0.4) is 0 Å². The molecule has 0 N–H and O–H groups in total. The largest absolute Gasteiger partial charge is 0.453 e. The Morgan fingerprint density at radius 1 is 1.00 bits per heavy atom. The number of nitrogens with zero attached hydrogens (tertiary/aromatic N) is 1. The zero-order valence-corrected chi connectivity index (χ0v) is 9.03. The average molecular weight is 234 g/mol. The molecule has 1 aliphatic carbocycles. The number of hydrogen-bond acceptors (Lipinski definition) is 3. The Bertz CT molecular complexity index is 663. The zero-order chi connectivity index (χ0) is 10.3. The van der Waals surface area contributed by atoms with Crippen LogP contribution < -0.4 is 5.43 Å². The molecule has 0 saturated carbocycles. The first kappa shape index (κ1) is 10.6. The van der Waals surface area contributed by atoms with Crippen LogP contribution in [0.15, 0.2) is 51.7 Å². The van der Waals surface area contributed by atoms with Crippen molar-refractivity contribution in [1.82, 2.24) is 4.98 Å². The number of rotatable bonds is 0. The van der Waals surface area contributed by atoms with Crippen molar-refractivity contribution >= 4 is 23.5 Å². The highest BCUT2D eigenvalue weighted by Crippen LogP contribution is 2.21. The molecule has 0 saturated heterocycles. The molecule has 2 aliphatic rings. The van der Waals surface area contributed by atoms with Crippen molar-refractivity contribution in [1.29, 1.82) is 0 Å². The number of hydrogen-bond donors (Lipinski definition) is 0. The van der Waals surface area contributed by atoms with Crippen molar-refractivity contribution in [2.75, 3.05) is 0 Å². The summed E-state index contributed by atoms with van der Waals surface area (Å²) in [4.78, 5) is 15.8. The van der Waals surface area contributed by atoms with Crippen molar-refractivity contribution < 1.29 is 4.42 Å². The topological polar surface area (TPSA) is 43.1 Å². The van der Waals surface area contributed by atoms with Crippen LogP contribution >= 0.6 is 12.4 Å². The quantitative estimate of drug-likeness (QED) is 0.561. The molecule has 16 heavy (non-hydrogen) atoms. The number of aromatic nitrogens is 1. The van der Waals surface area contributed by atoms with Gasteiger partial charge in [-0.15, -0.1) is 12.4 Å². The van der Waals surface area contributed by atoms with Crippen LogP contribution in [0.2, 0.25) is 0 Å².